The van der Waals surface area contributed by atoms with Crippen LogP contribution in [0.5, 0.6) is 11.5 Å². The van der Waals surface area contributed by atoms with E-state index >= 15 is 0 Å². The van der Waals surface area contributed by atoms with Crippen LogP contribution in [-0.4, -0.2) is 23.3 Å². The summed E-state index contributed by atoms with van der Waals surface area (Å²) in [7, 11) is 1.27. The number of phenols is 2. The number of rotatable bonds is 3. The van der Waals surface area contributed by atoms with Gasteiger partial charge in [-0.25, -0.2) is 4.79 Å². The third-order valence-corrected chi connectivity index (χ3v) is 2.81. The van der Waals surface area contributed by atoms with Gasteiger partial charge < -0.3 is 14.9 Å². The van der Waals surface area contributed by atoms with Crippen LogP contribution >= 0.6 is 0 Å². The smallest absolute Gasteiger partial charge is 0.342 e. The van der Waals surface area contributed by atoms with E-state index in [1.807, 2.05) is 0 Å². The van der Waals surface area contributed by atoms with Crippen molar-refractivity contribution in [3.05, 3.63) is 59.2 Å². The second kappa shape index (κ2) is 5.93. The molecule has 102 valence electrons. The van der Waals surface area contributed by atoms with Gasteiger partial charge in [0.05, 0.1) is 7.11 Å². The zero-order chi connectivity index (χ0) is 14.5. The maximum absolute atomic E-state index is 11.7. The van der Waals surface area contributed by atoms with Gasteiger partial charge in [-0.2, -0.15) is 0 Å². The highest BCUT2D eigenvalue weighted by Crippen LogP contribution is 2.24. The minimum atomic E-state index is -0.589. The van der Waals surface area contributed by atoms with E-state index in [0.29, 0.717) is 5.56 Å². The van der Waals surface area contributed by atoms with Crippen molar-refractivity contribution in [1.29, 1.82) is 0 Å². The van der Waals surface area contributed by atoms with Crippen molar-refractivity contribution in [1.82, 2.24) is 0 Å². The monoisotopic (exact) mass is 270 g/mol. The van der Waals surface area contributed by atoms with Crippen molar-refractivity contribution < 1.29 is 19.7 Å². The fourth-order valence-electron chi connectivity index (χ4n) is 1.79. The number of benzene rings is 2. The van der Waals surface area contributed by atoms with Gasteiger partial charge in [-0.05, 0) is 29.3 Å². The molecular formula is C16H14O4. The molecule has 0 bridgehead atoms. The van der Waals surface area contributed by atoms with Crippen molar-refractivity contribution in [2.75, 3.05) is 7.11 Å². The molecule has 0 fully saturated rings. The maximum atomic E-state index is 11.7. The van der Waals surface area contributed by atoms with Gasteiger partial charge in [-0.1, -0.05) is 36.4 Å². The third kappa shape index (κ3) is 2.98. The minimum absolute atomic E-state index is 0.121. The predicted octanol–water partition coefficient (Wildman–Crippen LogP) is 3.05. The van der Waals surface area contributed by atoms with Gasteiger partial charge >= 0.3 is 5.97 Å². The average Bonchev–Trinajstić information content (AvgIpc) is 2.46. The molecule has 0 amide bonds. The van der Waals surface area contributed by atoms with Crippen LogP contribution < -0.4 is 0 Å². The third-order valence-electron chi connectivity index (χ3n) is 2.81. The van der Waals surface area contributed by atoms with E-state index in [1.54, 1.807) is 48.6 Å². The largest absolute Gasteiger partial charge is 0.508 e. The standard InChI is InChI=1S/C16H14O4/c1-20-16(19)15-12(3-2-4-14(15)18)8-5-11-6-9-13(17)10-7-11/h2-10,17-18H,1H3/b8-5+. The van der Waals surface area contributed by atoms with E-state index in [1.165, 1.54) is 13.2 Å². The first-order valence-electron chi connectivity index (χ1n) is 5.99. The zero-order valence-electron chi connectivity index (χ0n) is 10.9. The summed E-state index contributed by atoms with van der Waals surface area (Å²) in [5.41, 5.74) is 1.55. The molecule has 0 aliphatic heterocycles. The minimum Gasteiger partial charge on any atom is -0.508 e. The predicted molar refractivity (Wildman–Crippen MR) is 76.5 cm³/mol. The Morgan fingerprint density at radius 2 is 1.75 bits per heavy atom. The molecule has 0 saturated heterocycles. The normalized spacial score (nSPS) is 10.7. The first kappa shape index (κ1) is 13.7. The molecule has 0 aliphatic carbocycles. The summed E-state index contributed by atoms with van der Waals surface area (Å²) < 4.78 is 4.66. The van der Waals surface area contributed by atoms with Crippen LogP contribution in [0.4, 0.5) is 0 Å². The summed E-state index contributed by atoms with van der Waals surface area (Å²) in [4.78, 5) is 11.7. The summed E-state index contributed by atoms with van der Waals surface area (Å²) in [6.45, 7) is 0. The molecule has 2 aromatic carbocycles. The van der Waals surface area contributed by atoms with Gasteiger partial charge in [0, 0.05) is 0 Å². The highest BCUT2D eigenvalue weighted by molar-refractivity contribution is 5.97. The van der Waals surface area contributed by atoms with Gasteiger partial charge in [0.25, 0.3) is 0 Å². The fraction of sp³-hybridized carbons (Fsp3) is 0.0625. The van der Waals surface area contributed by atoms with Gasteiger partial charge in [0.1, 0.15) is 17.1 Å². The van der Waals surface area contributed by atoms with Crippen LogP contribution in [0.1, 0.15) is 21.5 Å². The van der Waals surface area contributed by atoms with E-state index in [9.17, 15) is 15.0 Å². The van der Waals surface area contributed by atoms with Crippen LogP contribution in [0.3, 0.4) is 0 Å². The molecule has 0 saturated carbocycles. The number of esters is 1. The Morgan fingerprint density at radius 3 is 2.40 bits per heavy atom. The number of aromatic hydroxyl groups is 2. The SMILES string of the molecule is COC(=O)c1c(O)cccc1/C=C/c1ccc(O)cc1. The van der Waals surface area contributed by atoms with E-state index < -0.39 is 5.97 Å². The van der Waals surface area contributed by atoms with Crippen molar-refractivity contribution in [3.8, 4) is 11.5 Å². The Bertz CT molecular complexity index is 642. The van der Waals surface area contributed by atoms with Crippen LogP contribution in [0.15, 0.2) is 42.5 Å². The first-order valence-corrected chi connectivity index (χ1v) is 5.99. The van der Waals surface area contributed by atoms with Gasteiger partial charge in [-0.15, -0.1) is 0 Å². The Labute approximate surface area is 116 Å². The number of hydrogen-bond donors (Lipinski definition) is 2. The Hall–Kier alpha value is -2.75. The van der Waals surface area contributed by atoms with E-state index in [4.69, 9.17) is 0 Å². The Balaban J connectivity index is 2.36. The quantitative estimate of drug-likeness (QED) is 0.664. The zero-order valence-corrected chi connectivity index (χ0v) is 10.9. The molecule has 4 nitrogen and oxygen atoms in total. The summed E-state index contributed by atoms with van der Waals surface area (Å²) >= 11 is 0. The van der Waals surface area contributed by atoms with Gasteiger partial charge in [0.2, 0.25) is 0 Å². The van der Waals surface area contributed by atoms with Crippen molar-refractivity contribution >= 4 is 18.1 Å². The number of phenolic OH excluding ortho intramolecular Hbond substituents is 2. The molecule has 0 aliphatic rings. The fourth-order valence-corrected chi connectivity index (χ4v) is 1.79. The Morgan fingerprint density at radius 1 is 1.05 bits per heavy atom. The van der Waals surface area contributed by atoms with E-state index in [-0.39, 0.29) is 17.1 Å². The van der Waals surface area contributed by atoms with Crippen molar-refractivity contribution in [2.45, 2.75) is 0 Å². The lowest BCUT2D eigenvalue weighted by Crippen LogP contribution is -2.03. The highest BCUT2D eigenvalue weighted by Gasteiger charge is 2.14. The first-order chi connectivity index (χ1) is 9.61. The lowest BCUT2D eigenvalue weighted by Gasteiger charge is -2.06. The molecule has 2 N–H and O–H groups in total. The molecule has 0 aromatic heterocycles. The van der Waals surface area contributed by atoms with Crippen molar-refractivity contribution in [3.63, 3.8) is 0 Å². The number of carbonyl (C=O) groups excluding carboxylic acids is 1. The van der Waals surface area contributed by atoms with E-state index in [2.05, 4.69) is 4.74 Å². The number of methoxy groups -OCH3 is 1. The van der Waals surface area contributed by atoms with Gasteiger partial charge in [0.15, 0.2) is 0 Å². The van der Waals surface area contributed by atoms with Crippen molar-refractivity contribution in [2.24, 2.45) is 0 Å². The summed E-state index contributed by atoms with van der Waals surface area (Å²) in [6.07, 6.45) is 3.49. The van der Waals surface area contributed by atoms with Crippen LogP contribution in [0, 0.1) is 0 Å². The van der Waals surface area contributed by atoms with Crippen LogP contribution in [0.25, 0.3) is 12.2 Å². The molecule has 0 heterocycles. The molecule has 4 heteroatoms. The van der Waals surface area contributed by atoms with Crippen LogP contribution in [-0.2, 0) is 4.74 Å². The second-order valence-corrected chi connectivity index (χ2v) is 4.16. The summed E-state index contributed by atoms with van der Waals surface area (Å²) in [6, 6.07) is 11.4. The molecule has 0 spiro atoms. The molecule has 2 aromatic rings. The topological polar surface area (TPSA) is 66.8 Å². The molecular weight excluding hydrogens is 256 g/mol. The molecule has 2 rings (SSSR count). The van der Waals surface area contributed by atoms with Gasteiger partial charge in [-0.3, -0.25) is 0 Å². The lowest BCUT2D eigenvalue weighted by atomic mass is 10.0. The van der Waals surface area contributed by atoms with E-state index in [0.717, 1.165) is 5.56 Å². The highest BCUT2D eigenvalue weighted by atomic mass is 16.5. The van der Waals surface area contributed by atoms with Crippen LogP contribution in [0.2, 0.25) is 0 Å². The Kier molecular flexibility index (Phi) is 4.05. The number of ether oxygens (including phenoxy) is 1. The second-order valence-electron chi connectivity index (χ2n) is 4.16. The number of hydrogen-bond acceptors (Lipinski definition) is 4. The molecule has 0 radical (unpaired) electrons. The summed E-state index contributed by atoms with van der Waals surface area (Å²) in [5, 5.41) is 19.0. The number of carbonyl (C=O) groups is 1. The maximum Gasteiger partial charge on any atom is 0.342 e. The lowest BCUT2D eigenvalue weighted by molar-refractivity contribution is 0.0597. The molecule has 0 atom stereocenters. The molecule has 0 unspecified atom stereocenters. The average molecular weight is 270 g/mol. The summed E-state index contributed by atoms with van der Waals surface area (Å²) in [5.74, 6) is -0.520. The molecule has 20 heavy (non-hydrogen) atoms.